The van der Waals surface area contributed by atoms with Crippen molar-refractivity contribution < 1.29 is 71.5 Å². The number of hydrogen-bond acceptors (Lipinski definition) is 10. The number of methoxy groups -OCH3 is 3. The molecule has 0 N–H and O–H groups in total. The van der Waals surface area contributed by atoms with Gasteiger partial charge in [0.15, 0.2) is 12.1 Å². The second kappa shape index (κ2) is 23.5. The van der Waals surface area contributed by atoms with Crippen LogP contribution in [0.15, 0.2) is 115 Å². The predicted octanol–water partition coefficient (Wildman–Crippen LogP) is 5.34. The summed E-state index contributed by atoms with van der Waals surface area (Å²) in [6, 6.07) is 32.1. The maximum atomic E-state index is 14.9. The van der Waals surface area contributed by atoms with Crippen LogP contribution in [0, 0.1) is 35.5 Å². The molecule has 0 amide bonds. The molecule has 2 heterocycles. The Hall–Kier alpha value is -3.29. The Morgan fingerprint density at radius 1 is 0.761 bits per heavy atom. The highest BCUT2D eigenvalue weighted by Gasteiger charge is 2.53. The lowest BCUT2D eigenvalue weighted by Crippen LogP contribution is -3.00. The van der Waals surface area contributed by atoms with Gasteiger partial charge in [-0.1, -0.05) is 86.7 Å². The summed E-state index contributed by atoms with van der Waals surface area (Å²) in [4.78, 5) is 42.7. The quantitative estimate of drug-likeness (QED) is 0.0909. The Bertz CT molecular complexity index is 2060. The standard InChI is InChI=1S/C55H70O10P.HI/c1-7-38-19-17-26-48(65-49(56)27-18-30-66(40-20-11-8-12-21-40,41-22-13-9-14-23-41)42-24-15-10-16-25-42)35(2)51(58)47-33-45-43(46(47)34-50(57)63-38)29-28-37-31-39(32-44(37)45)64-55-54(61-6)53(60-5)52(59-4)36(3)62-55;/h8-16,20-25,28-29,33,35-39,43-46,48,52-55H,7,17-19,26-27,30-32,34H2,1-6H3;1H/q+1;/p-1/t35-,36+,37-,38+,39-,43-,44-,45-,46+,48+,52+,53-,54-,55+;/m1./s1. The molecule has 12 heteroatoms. The van der Waals surface area contributed by atoms with E-state index < -0.39 is 31.7 Å². The first-order valence-corrected chi connectivity index (χ1v) is 26.3. The van der Waals surface area contributed by atoms with Crippen molar-refractivity contribution in [3.63, 3.8) is 0 Å². The molecule has 5 aliphatic rings. The Labute approximate surface area is 415 Å². The van der Waals surface area contributed by atoms with Gasteiger partial charge in [-0.3, -0.25) is 14.4 Å². The van der Waals surface area contributed by atoms with Crippen molar-refractivity contribution in [2.75, 3.05) is 27.5 Å². The molecule has 3 fully saturated rings. The van der Waals surface area contributed by atoms with Gasteiger partial charge in [0, 0.05) is 33.7 Å². The van der Waals surface area contributed by atoms with Crippen molar-refractivity contribution in [3.05, 3.63) is 115 Å². The number of carbonyl (C=O) groups excluding carboxylic acids is 3. The number of rotatable bonds is 14. The second-order valence-electron chi connectivity index (χ2n) is 19.1. The van der Waals surface area contributed by atoms with Gasteiger partial charge in [-0.25, -0.2) is 0 Å². The minimum absolute atomic E-state index is 0. The molecule has 8 rings (SSSR count). The van der Waals surface area contributed by atoms with Crippen molar-refractivity contribution in [1.29, 1.82) is 0 Å². The van der Waals surface area contributed by atoms with Gasteiger partial charge in [0.2, 0.25) is 0 Å². The van der Waals surface area contributed by atoms with Crippen LogP contribution in [0.25, 0.3) is 0 Å². The summed E-state index contributed by atoms with van der Waals surface area (Å²) in [5.74, 6) is -1.04. The van der Waals surface area contributed by atoms with Crippen LogP contribution < -0.4 is 39.9 Å². The highest BCUT2D eigenvalue weighted by atomic mass is 127. The minimum atomic E-state index is -2.13. The van der Waals surface area contributed by atoms with E-state index in [1.165, 1.54) is 15.9 Å². The average Bonchev–Trinajstić information content (AvgIpc) is 3.93. The normalized spacial score (nSPS) is 33.1. The first-order valence-electron chi connectivity index (χ1n) is 24.4. The van der Waals surface area contributed by atoms with Gasteiger partial charge in [0.25, 0.3) is 0 Å². The summed E-state index contributed by atoms with van der Waals surface area (Å²) in [6.07, 6.45) is 9.58. The average molecular weight is 1050 g/mol. The van der Waals surface area contributed by atoms with E-state index in [9.17, 15) is 14.4 Å². The lowest BCUT2D eigenvalue weighted by molar-refractivity contribution is -0.314. The summed E-state index contributed by atoms with van der Waals surface area (Å²) >= 11 is 0. The Balaban J connectivity index is 0.00000666. The van der Waals surface area contributed by atoms with Gasteiger partial charge < -0.3 is 57.1 Å². The molecule has 362 valence electrons. The molecule has 3 aromatic rings. The van der Waals surface area contributed by atoms with E-state index in [0.29, 0.717) is 37.7 Å². The van der Waals surface area contributed by atoms with Crippen LogP contribution in [0.1, 0.15) is 78.6 Å². The van der Waals surface area contributed by atoms with Crippen LogP contribution in [-0.4, -0.2) is 94.2 Å². The largest absolute Gasteiger partial charge is 1.00 e. The van der Waals surface area contributed by atoms with Gasteiger partial charge >= 0.3 is 11.9 Å². The number of esters is 2. The number of benzene rings is 3. The number of carbonyl (C=O) groups is 3. The SMILES string of the molecule is CC[C@H]1CCC[C@H](OC(=O)CCC[P+](c2ccccc2)(c2ccccc2)c2ccccc2)[C@@H](C)C(=O)C2=C[C@@H]3[C@@H](C=C[C@@H]4C[C@@H](O[C@@H]5O[C@@H](C)[C@H](OC)[C@@H](OC)[C@H]5OC)C[C@@H]34)[C@@H]2CC(=O)O1.[I-]. The zero-order valence-corrected chi connectivity index (χ0v) is 43.0. The highest BCUT2D eigenvalue weighted by molar-refractivity contribution is 7.95. The third-order valence-corrected chi connectivity index (χ3v) is 19.9. The summed E-state index contributed by atoms with van der Waals surface area (Å²) in [5, 5.41) is 3.82. The molecule has 2 saturated heterocycles. The van der Waals surface area contributed by atoms with E-state index in [0.717, 1.165) is 19.0 Å². The summed E-state index contributed by atoms with van der Waals surface area (Å²) in [6.45, 7) is 5.91. The number of ether oxygens (including phenoxy) is 7. The molecule has 3 aliphatic carbocycles. The maximum absolute atomic E-state index is 14.9. The summed E-state index contributed by atoms with van der Waals surface area (Å²) in [7, 11) is 2.82. The van der Waals surface area contributed by atoms with Crippen molar-refractivity contribution in [1.82, 2.24) is 0 Å². The number of allylic oxidation sites excluding steroid dienone is 4. The van der Waals surface area contributed by atoms with Crippen molar-refractivity contribution in [2.45, 2.75) is 128 Å². The van der Waals surface area contributed by atoms with Crippen LogP contribution in [0.2, 0.25) is 0 Å². The van der Waals surface area contributed by atoms with Crippen LogP contribution in [0.3, 0.4) is 0 Å². The number of cyclic esters (lactones) is 1. The molecule has 10 nitrogen and oxygen atoms in total. The van der Waals surface area contributed by atoms with E-state index in [1.807, 2.05) is 20.8 Å². The van der Waals surface area contributed by atoms with Crippen molar-refractivity contribution >= 4 is 40.9 Å². The van der Waals surface area contributed by atoms with Gasteiger partial charge in [-0.05, 0) is 118 Å². The molecule has 67 heavy (non-hydrogen) atoms. The predicted molar refractivity (Wildman–Crippen MR) is 257 cm³/mol. The molecular formula is C55H70IO10P. The zero-order chi connectivity index (χ0) is 46.4. The molecule has 1 saturated carbocycles. The summed E-state index contributed by atoms with van der Waals surface area (Å²) in [5.41, 5.74) is 0.666. The molecule has 3 aromatic carbocycles. The monoisotopic (exact) mass is 1050 g/mol. The lowest BCUT2D eigenvalue weighted by Gasteiger charge is -2.44. The molecule has 0 unspecified atom stereocenters. The van der Waals surface area contributed by atoms with Crippen LogP contribution in [0.5, 0.6) is 0 Å². The lowest BCUT2D eigenvalue weighted by atomic mass is 9.70. The Kier molecular flexibility index (Phi) is 18.1. The highest BCUT2D eigenvalue weighted by Crippen LogP contribution is 2.57. The maximum Gasteiger partial charge on any atom is 0.306 e. The van der Waals surface area contributed by atoms with Gasteiger partial charge in [0.1, 0.15) is 53.7 Å². The molecule has 0 bridgehead atoms. The van der Waals surface area contributed by atoms with E-state index in [1.54, 1.807) is 21.3 Å². The fraction of sp³-hybridized carbons (Fsp3) is 0.545. The van der Waals surface area contributed by atoms with Gasteiger partial charge in [-0.15, -0.1) is 0 Å². The minimum Gasteiger partial charge on any atom is -1.00 e. The summed E-state index contributed by atoms with van der Waals surface area (Å²) < 4.78 is 43.1. The topological polar surface area (TPSA) is 116 Å². The Morgan fingerprint density at radius 3 is 1.96 bits per heavy atom. The third kappa shape index (κ3) is 11.0. The van der Waals surface area contributed by atoms with E-state index >= 15 is 0 Å². The molecule has 0 spiro atoms. The van der Waals surface area contributed by atoms with E-state index in [4.69, 9.17) is 33.2 Å². The smallest absolute Gasteiger partial charge is 0.306 e. The third-order valence-electron chi connectivity index (χ3n) is 15.4. The molecule has 2 aliphatic heterocycles. The van der Waals surface area contributed by atoms with Crippen LogP contribution in [-0.2, 0) is 47.5 Å². The second-order valence-corrected chi connectivity index (χ2v) is 22.7. The number of ketones is 1. The number of fused-ring (bicyclic) bond motifs is 5. The van der Waals surface area contributed by atoms with E-state index in [-0.39, 0.29) is 115 Å². The fourth-order valence-corrected chi connectivity index (χ4v) is 16.4. The van der Waals surface area contributed by atoms with Crippen LogP contribution >= 0.6 is 7.26 Å². The number of halogens is 1. The molecule has 0 aromatic heterocycles. The van der Waals surface area contributed by atoms with Crippen molar-refractivity contribution in [3.8, 4) is 0 Å². The van der Waals surface area contributed by atoms with Crippen molar-refractivity contribution in [2.24, 2.45) is 35.5 Å². The van der Waals surface area contributed by atoms with Crippen LogP contribution in [0.4, 0.5) is 0 Å². The molecule has 0 radical (unpaired) electrons. The first kappa shape index (κ1) is 51.6. The Morgan fingerprint density at radius 2 is 1.37 bits per heavy atom. The number of Topliss-reactive ketones (excluding diaryl/α,β-unsaturated/α-hetero) is 1. The molecule has 14 atom stereocenters. The molecular weight excluding hydrogens is 978 g/mol. The first-order chi connectivity index (χ1) is 32.1. The zero-order valence-electron chi connectivity index (χ0n) is 40.0. The van der Waals surface area contributed by atoms with E-state index in [2.05, 4.69) is 109 Å². The van der Waals surface area contributed by atoms with Gasteiger partial charge in [-0.2, -0.15) is 0 Å². The fourth-order valence-electron chi connectivity index (χ4n) is 12.0. The number of hydrogen-bond donors (Lipinski definition) is 0. The van der Waals surface area contributed by atoms with Gasteiger partial charge in [0.05, 0.1) is 30.7 Å².